The van der Waals surface area contributed by atoms with E-state index in [0.717, 1.165) is 22.2 Å². The molecule has 30 heavy (non-hydrogen) atoms. The van der Waals surface area contributed by atoms with E-state index in [-0.39, 0.29) is 30.7 Å². The maximum atomic E-state index is 12.6. The van der Waals surface area contributed by atoms with Crippen molar-refractivity contribution in [2.24, 2.45) is 0 Å². The van der Waals surface area contributed by atoms with Crippen LogP contribution in [-0.4, -0.2) is 42.2 Å². The zero-order chi connectivity index (χ0) is 21.7. The summed E-state index contributed by atoms with van der Waals surface area (Å²) in [7, 11) is 1.54. The topological polar surface area (TPSA) is 75.7 Å². The van der Waals surface area contributed by atoms with E-state index < -0.39 is 5.91 Å². The van der Waals surface area contributed by atoms with Gasteiger partial charge in [-0.25, -0.2) is 0 Å². The number of rotatable bonds is 7. The number of hydrogen-bond donors (Lipinski definition) is 1. The normalized spacial score (nSPS) is 15.0. The first-order chi connectivity index (χ1) is 14.4. The van der Waals surface area contributed by atoms with Crippen LogP contribution in [0.15, 0.2) is 47.4 Å². The zero-order valence-electron chi connectivity index (χ0n) is 16.0. The summed E-state index contributed by atoms with van der Waals surface area (Å²) in [6.07, 6.45) is 1.73. The highest BCUT2D eigenvalue weighted by Gasteiger charge is 2.34. The summed E-state index contributed by atoms with van der Waals surface area (Å²) in [5, 5.41) is 3.11. The van der Waals surface area contributed by atoms with Crippen LogP contribution in [0.25, 0.3) is 6.08 Å². The van der Waals surface area contributed by atoms with Crippen molar-refractivity contribution in [2.75, 3.05) is 20.2 Å². The SMILES string of the molecule is COc1ccccc1CC(=O)NCCN1C(=O)SC(=Cc2ccc(Cl)c(Cl)c2)C1=O. The second-order valence-corrected chi connectivity index (χ2v) is 8.15. The van der Waals surface area contributed by atoms with Gasteiger partial charge in [0.1, 0.15) is 5.75 Å². The van der Waals surface area contributed by atoms with Gasteiger partial charge < -0.3 is 10.1 Å². The van der Waals surface area contributed by atoms with Gasteiger partial charge in [0.25, 0.3) is 11.1 Å². The number of nitrogens with zero attached hydrogens (tertiary/aromatic N) is 1. The number of methoxy groups -OCH3 is 1. The fraction of sp³-hybridized carbons (Fsp3) is 0.190. The number of imide groups is 1. The molecule has 1 aliphatic heterocycles. The quantitative estimate of drug-likeness (QED) is 0.614. The van der Waals surface area contributed by atoms with Gasteiger partial charge in [0.15, 0.2) is 0 Å². The number of thioether (sulfide) groups is 1. The van der Waals surface area contributed by atoms with Crippen molar-refractivity contribution < 1.29 is 19.1 Å². The van der Waals surface area contributed by atoms with E-state index in [1.807, 2.05) is 18.2 Å². The molecule has 1 aliphatic rings. The van der Waals surface area contributed by atoms with Gasteiger partial charge in [-0.05, 0) is 41.6 Å². The Balaban J connectivity index is 1.56. The largest absolute Gasteiger partial charge is 0.496 e. The molecule has 0 atom stereocenters. The van der Waals surface area contributed by atoms with E-state index in [1.165, 1.54) is 0 Å². The van der Waals surface area contributed by atoms with Gasteiger partial charge in [-0.15, -0.1) is 0 Å². The summed E-state index contributed by atoms with van der Waals surface area (Å²) >= 11 is 12.7. The van der Waals surface area contributed by atoms with Crippen LogP contribution in [0, 0.1) is 0 Å². The van der Waals surface area contributed by atoms with Crippen LogP contribution in [0.4, 0.5) is 4.79 Å². The van der Waals surface area contributed by atoms with Gasteiger partial charge in [-0.3, -0.25) is 19.3 Å². The van der Waals surface area contributed by atoms with E-state index in [1.54, 1.807) is 37.5 Å². The van der Waals surface area contributed by atoms with Gasteiger partial charge in [0.05, 0.1) is 28.5 Å². The lowest BCUT2D eigenvalue weighted by Crippen LogP contribution is -2.37. The van der Waals surface area contributed by atoms with E-state index in [2.05, 4.69) is 5.32 Å². The number of benzene rings is 2. The maximum absolute atomic E-state index is 12.6. The minimum absolute atomic E-state index is 0.0844. The summed E-state index contributed by atoms with van der Waals surface area (Å²) in [6, 6.07) is 12.2. The summed E-state index contributed by atoms with van der Waals surface area (Å²) in [4.78, 5) is 38.3. The Morgan fingerprint density at radius 2 is 1.93 bits per heavy atom. The standard InChI is InChI=1S/C21H18Cl2N2O4S/c1-29-17-5-3-2-4-14(17)12-19(26)24-8-9-25-20(27)18(30-21(25)28)11-13-6-7-15(22)16(23)10-13/h2-7,10-11H,8-9,12H2,1H3,(H,24,26). The molecule has 0 unspecified atom stereocenters. The highest BCUT2D eigenvalue weighted by Crippen LogP contribution is 2.33. The minimum Gasteiger partial charge on any atom is -0.496 e. The van der Waals surface area contributed by atoms with Crippen LogP contribution < -0.4 is 10.1 Å². The number of ether oxygens (including phenoxy) is 1. The van der Waals surface area contributed by atoms with Gasteiger partial charge in [0.2, 0.25) is 5.91 Å². The first-order valence-electron chi connectivity index (χ1n) is 8.98. The number of carbonyl (C=O) groups is 3. The molecule has 0 aromatic heterocycles. The molecule has 6 nitrogen and oxygen atoms in total. The highest BCUT2D eigenvalue weighted by atomic mass is 35.5. The molecule has 3 amide bonds. The lowest BCUT2D eigenvalue weighted by Gasteiger charge is -2.13. The van der Waals surface area contributed by atoms with Crippen molar-refractivity contribution in [3.63, 3.8) is 0 Å². The number of nitrogens with one attached hydrogen (secondary N) is 1. The number of para-hydroxylation sites is 1. The third-order valence-electron chi connectivity index (χ3n) is 4.32. The van der Waals surface area contributed by atoms with Gasteiger partial charge in [-0.2, -0.15) is 0 Å². The Bertz CT molecular complexity index is 1030. The zero-order valence-corrected chi connectivity index (χ0v) is 18.3. The minimum atomic E-state index is -0.407. The molecule has 0 bridgehead atoms. The van der Waals surface area contributed by atoms with Crippen molar-refractivity contribution in [1.82, 2.24) is 10.2 Å². The highest BCUT2D eigenvalue weighted by molar-refractivity contribution is 8.18. The lowest BCUT2D eigenvalue weighted by molar-refractivity contribution is -0.124. The van der Waals surface area contributed by atoms with E-state index in [4.69, 9.17) is 27.9 Å². The third-order valence-corrected chi connectivity index (χ3v) is 5.96. The predicted molar refractivity (Wildman–Crippen MR) is 119 cm³/mol. The fourth-order valence-corrected chi connectivity index (χ4v) is 4.01. The number of halogens is 2. The fourth-order valence-electron chi connectivity index (χ4n) is 2.84. The van der Waals surface area contributed by atoms with Crippen molar-refractivity contribution in [2.45, 2.75) is 6.42 Å². The lowest BCUT2D eigenvalue weighted by atomic mass is 10.1. The van der Waals surface area contributed by atoms with E-state index in [0.29, 0.717) is 26.3 Å². The van der Waals surface area contributed by atoms with Crippen molar-refractivity contribution in [3.05, 3.63) is 68.5 Å². The van der Waals surface area contributed by atoms with E-state index >= 15 is 0 Å². The van der Waals surface area contributed by atoms with Crippen molar-refractivity contribution in [1.29, 1.82) is 0 Å². The van der Waals surface area contributed by atoms with Crippen LogP contribution in [0.5, 0.6) is 5.75 Å². The maximum Gasteiger partial charge on any atom is 0.293 e. The molecule has 0 aliphatic carbocycles. The first kappa shape index (κ1) is 22.2. The molecule has 0 spiro atoms. The Morgan fingerprint density at radius 3 is 2.67 bits per heavy atom. The second-order valence-electron chi connectivity index (χ2n) is 6.35. The van der Waals surface area contributed by atoms with Gasteiger partial charge in [-0.1, -0.05) is 47.5 Å². The van der Waals surface area contributed by atoms with Crippen molar-refractivity contribution >= 4 is 58.1 Å². The summed E-state index contributed by atoms with van der Waals surface area (Å²) < 4.78 is 5.23. The third kappa shape index (κ3) is 5.36. The molecular weight excluding hydrogens is 447 g/mol. The molecule has 1 fully saturated rings. The molecule has 3 rings (SSSR count). The Labute approximate surface area is 188 Å². The van der Waals surface area contributed by atoms with Crippen LogP contribution in [0.3, 0.4) is 0 Å². The molecule has 0 radical (unpaired) electrons. The Hall–Kier alpha value is -2.48. The molecule has 1 saturated heterocycles. The van der Waals surface area contributed by atoms with Crippen LogP contribution in [0.1, 0.15) is 11.1 Å². The van der Waals surface area contributed by atoms with E-state index in [9.17, 15) is 14.4 Å². The summed E-state index contributed by atoms with van der Waals surface area (Å²) in [5.41, 5.74) is 1.42. The van der Waals surface area contributed by atoms with Gasteiger partial charge in [0, 0.05) is 18.7 Å². The monoisotopic (exact) mass is 464 g/mol. The number of carbonyl (C=O) groups excluding carboxylic acids is 3. The second kappa shape index (κ2) is 10.0. The molecule has 9 heteroatoms. The Morgan fingerprint density at radius 1 is 1.17 bits per heavy atom. The molecule has 2 aromatic carbocycles. The smallest absolute Gasteiger partial charge is 0.293 e. The number of amides is 3. The van der Waals surface area contributed by atoms with Crippen LogP contribution in [-0.2, 0) is 16.0 Å². The molecule has 1 N–H and O–H groups in total. The molecular formula is C21H18Cl2N2O4S. The first-order valence-corrected chi connectivity index (χ1v) is 10.6. The average Bonchev–Trinajstić information content (AvgIpc) is 2.98. The Kier molecular flexibility index (Phi) is 7.42. The number of hydrogen-bond acceptors (Lipinski definition) is 5. The molecule has 1 heterocycles. The average molecular weight is 465 g/mol. The summed E-state index contributed by atoms with van der Waals surface area (Å²) in [6.45, 7) is 0.243. The predicted octanol–water partition coefficient (Wildman–Crippen LogP) is 4.40. The summed E-state index contributed by atoms with van der Waals surface area (Å²) in [5.74, 6) is -0.00102. The molecule has 2 aromatic rings. The molecule has 156 valence electrons. The van der Waals surface area contributed by atoms with Crippen LogP contribution >= 0.6 is 35.0 Å². The van der Waals surface area contributed by atoms with Gasteiger partial charge >= 0.3 is 0 Å². The van der Waals surface area contributed by atoms with Crippen molar-refractivity contribution in [3.8, 4) is 5.75 Å². The molecule has 0 saturated carbocycles. The van der Waals surface area contributed by atoms with Crippen LogP contribution in [0.2, 0.25) is 10.0 Å².